The summed E-state index contributed by atoms with van der Waals surface area (Å²) in [6, 6.07) is 6.90. The third-order valence-electron chi connectivity index (χ3n) is 3.96. The topological polar surface area (TPSA) is 40.9 Å². The fourth-order valence-electron chi connectivity index (χ4n) is 2.73. The lowest BCUT2D eigenvalue weighted by atomic mass is 9.77. The second kappa shape index (κ2) is 4.72. The minimum absolute atomic E-state index is 0.0290. The SMILES string of the molecule is CC1(C)CCC(C#N)(Cc2cccc(F)c2Br)C1=O. The second-order valence-electron chi connectivity index (χ2n) is 5.80. The molecule has 0 radical (unpaired) electrons. The normalized spacial score (nSPS) is 25.3. The molecule has 1 fully saturated rings. The van der Waals surface area contributed by atoms with Crippen molar-refractivity contribution >= 4 is 21.7 Å². The van der Waals surface area contributed by atoms with Crippen LogP contribution in [0.2, 0.25) is 0 Å². The Hall–Kier alpha value is -1.21. The third-order valence-corrected chi connectivity index (χ3v) is 4.85. The van der Waals surface area contributed by atoms with Gasteiger partial charge in [0.25, 0.3) is 0 Å². The summed E-state index contributed by atoms with van der Waals surface area (Å²) in [6.45, 7) is 3.74. The second-order valence-corrected chi connectivity index (χ2v) is 6.59. The van der Waals surface area contributed by atoms with Gasteiger partial charge in [0.2, 0.25) is 0 Å². The van der Waals surface area contributed by atoms with E-state index in [2.05, 4.69) is 22.0 Å². The van der Waals surface area contributed by atoms with E-state index in [0.717, 1.165) is 0 Å². The van der Waals surface area contributed by atoms with E-state index < -0.39 is 10.8 Å². The first-order valence-electron chi connectivity index (χ1n) is 6.21. The first-order chi connectivity index (χ1) is 8.82. The Kier molecular flexibility index (Phi) is 3.53. The van der Waals surface area contributed by atoms with Gasteiger partial charge < -0.3 is 0 Å². The lowest BCUT2D eigenvalue weighted by Gasteiger charge is -2.23. The minimum atomic E-state index is -1.01. The largest absolute Gasteiger partial charge is 0.297 e. The van der Waals surface area contributed by atoms with Crippen LogP contribution < -0.4 is 0 Å². The molecule has 1 aliphatic rings. The van der Waals surface area contributed by atoms with E-state index in [1.165, 1.54) is 6.07 Å². The molecule has 1 unspecified atom stereocenters. The molecule has 0 saturated heterocycles. The van der Waals surface area contributed by atoms with Crippen LogP contribution in [0.3, 0.4) is 0 Å². The summed E-state index contributed by atoms with van der Waals surface area (Å²) >= 11 is 3.19. The standard InChI is InChI=1S/C15H15BrFNO/c1-14(2)6-7-15(9-18,13(14)19)8-10-4-3-5-11(17)12(10)16/h3-5H,6-8H2,1-2H3. The maximum absolute atomic E-state index is 13.5. The van der Waals surface area contributed by atoms with Crippen LogP contribution in [0.1, 0.15) is 32.3 Å². The van der Waals surface area contributed by atoms with E-state index in [9.17, 15) is 14.4 Å². The van der Waals surface area contributed by atoms with Crippen molar-refractivity contribution in [1.82, 2.24) is 0 Å². The predicted octanol–water partition coefficient (Wildman–Crippen LogP) is 4.03. The van der Waals surface area contributed by atoms with Crippen LogP contribution in [-0.4, -0.2) is 5.78 Å². The third kappa shape index (κ3) is 2.32. The highest BCUT2D eigenvalue weighted by molar-refractivity contribution is 9.10. The monoisotopic (exact) mass is 323 g/mol. The maximum Gasteiger partial charge on any atom is 0.158 e. The number of hydrogen-bond acceptors (Lipinski definition) is 2. The zero-order chi connectivity index (χ0) is 14.3. The Bertz CT molecular complexity index is 576. The summed E-state index contributed by atoms with van der Waals surface area (Å²) in [4.78, 5) is 12.4. The van der Waals surface area contributed by atoms with E-state index in [0.29, 0.717) is 22.9 Å². The van der Waals surface area contributed by atoms with Gasteiger partial charge in [0.05, 0.1) is 10.5 Å². The molecular formula is C15H15BrFNO. The molecule has 0 aromatic heterocycles. The van der Waals surface area contributed by atoms with Crippen molar-refractivity contribution in [3.8, 4) is 6.07 Å². The van der Waals surface area contributed by atoms with Crippen molar-refractivity contribution in [2.45, 2.75) is 33.1 Å². The van der Waals surface area contributed by atoms with Gasteiger partial charge in [-0.2, -0.15) is 5.26 Å². The molecule has 1 aliphatic carbocycles. The molecule has 0 spiro atoms. The molecule has 0 amide bonds. The molecule has 100 valence electrons. The number of hydrogen-bond donors (Lipinski definition) is 0. The number of carbonyl (C=O) groups excluding carboxylic acids is 1. The fraction of sp³-hybridized carbons (Fsp3) is 0.467. The molecule has 1 saturated carbocycles. The molecule has 0 aliphatic heterocycles. The van der Waals surface area contributed by atoms with Crippen LogP contribution >= 0.6 is 15.9 Å². The van der Waals surface area contributed by atoms with Gasteiger partial charge in [-0.05, 0) is 46.8 Å². The van der Waals surface area contributed by atoms with Crippen molar-refractivity contribution in [2.24, 2.45) is 10.8 Å². The van der Waals surface area contributed by atoms with Crippen LogP contribution in [0.5, 0.6) is 0 Å². The average Bonchev–Trinajstić information content (AvgIpc) is 2.60. The van der Waals surface area contributed by atoms with E-state index in [1.54, 1.807) is 12.1 Å². The van der Waals surface area contributed by atoms with Crippen molar-refractivity contribution in [3.05, 3.63) is 34.1 Å². The summed E-state index contributed by atoms with van der Waals surface area (Å²) in [5.74, 6) is -0.394. The number of carbonyl (C=O) groups is 1. The number of ketones is 1. The van der Waals surface area contributed by atoms with E-state index >= 15 is 0 Å². The zero-order valence-electron chi connectivity index (χ0n) is 11.0. The lowest BCUT2D eigenvalue weighted by molar-refractivity contribution is -0.130. The minimum Gasteiger partial charge on any atom is -0.297 e. The lowest BCUT2D eigenvalue weighted by Crippen LogP contribution is -2.33. The number of halogens is 2. The van der Waals surface area contributed by atoms with Gasteiger partial charge in [-0.25, -0.2) is 4.39 Å². The Balaban J connectivity index is 2.39. The van der Waals surface area contributed by atoms with Crippen molar-refractivity contribution < 1.29 is 9.18 Å². The molecule has 1 atom stereocenters. The van der Waals surface area contributed by atoms with Crippen molar-refractivity contribution in [1.29, 1.82) is 5.26 Å². The molecule has 2 nitrogen and oxygen atoms in total. The Morgan fingerprint density at radius 3 is 2.63 bits per heavy atom. The number of rotatable bonds is 2. The van der Waals surface area contributed by atoms with Crippen molar-refractivity contribution in [3.63, 3.8) is 0 Å². The summed E-state index contributed by atoms with van der Waals surface area (Å²) in [6.07, 6.45) is 1.51. The average molecular weight is 324 g/mol. The molecule has 4 heteroatoms. The number of nitrogens with zero attached hydrogens (tertiary/aromatic N) is 1. The van der Waals surface area contributed by atoms with Gasteiger partial charge in [-0.15, -0.1) is 0 Å². The number of Topliss-reactive ketones (excluding diaryl/α,β-unsaturated/α-hetero) is 1. The van der Waals surface area contributed by atoms with Crippen LogP contribution in [0, 0.1) is 28.0 Å². The molecule has 1 aromatic rings. The number of nitriles is 1. The molecule has 1 aromatic carbocycles. The quantitative estimate of drug-likeness (QED) is 0.824. The molecule has 2 rings (SSSR count). The summed E-state index contributed by atoms with van der Waals surface area (Å²) in [7, 11) is 0. The van der Waals surface area contributed by atoms with Gasteiger partial charge in [0.1, 0.15) is 11.2 Å². The maximum atomic E-state index is 13.5. The van der Waals surface area contributed by atoms with Crippen LogP contribution in [0.25, 0.3) is 0 Å². The van der Waals surface area contributed by atoms with E-state index in [1.807, 2.05) is 13.8 Å². The molecule has 0 N–H and O–H groups in total. The van der Waals surface area contributed by atoms with E-state index in [-0.39, 0.29) is 18.0 Å². The zero-order valence-corrected chi connectivity index (χ0v) is 12.6. The van der Waals surface area contributed by atoms with Gasteiger partial charge in [-0.1, -0.05) is 26.0 Å². The fourth-order valence-corrected chi connectivity index (χ4v) is 3.13. The van der Waals surface area contributed by atoms with Crippen molar-refractivity contribution in [2.75, 3.05) is 0 Å². The highest BCUT2D eigenvalue weighted by Crippen LogP contribution is 2.47. The van der Waals surface area contributed by atoms with Gasteiger partial charge in [0.15, 0.2) is 5.78 Å². The number of benzene rings is 1. The Labute approximate surface area is 120 Å². The Morgan fingerprint density at radius 2 is 2.11 bits per heavy atom. The van der Waals surface area contributed by atoms with Gasteiger partial charge in [0, 0.05) is 5.41 Å². The van der Waals surface area contributed by atoms with Gasteiger partial charge >= 0.3 is 0 Å². The summed E-state index contributed by atoms with van der Waals surface area (Å²) in [5, 5.41) is 9.46. The van der Waals surface area contributed by atoms with Crippen LogP contribution in [0.4, 0.5) is 4.39 Å². The summed E-state index contributed by atoms with van der Waals surface area (Å²) < 4.78 is 13.9. The first-order valence-corrected chi connectivity index (χ1v) is 7.01. The predicted molar refractivity (Wildman–Crippen MR) is 73.9 cm³/mol. The molecule has 19 heavy (non-hydrogen) atoms. The Morgan fingerprint density at radius 1 is 1.42 bits per heavy atom. The molecular weight excluding hydrogens is 309 g/mol. The first kappa shape index (κ1) is 14.2. The smallest absolute Gasteiger partial charge is 0.158 e. The highest BCUT2D eigenvalue weighted by atomic mass is 79.9. The van der Waals surface area contributed by atoms with Crippen LogP contribution in [-0.2, 0) is 11.2 Å². The highest BCUT2D eigenvalue weighted by Gasteiger charge is 2.52. The molecule has 0 heterocycles. The summed E-state index contributed by atoms with van der Waals surface area (Å²) in [5.41, 5.74) is -0.803. The molecule has 0 bridgehead atoms. The van der Waals surface area contributed by atoms with E-state index in [4.69, 9.17) is 0 Å². The van der Waals surface area contributed by atoms with Gasteiger partial charge in [-0.3, -0.25) is 4.79 Å². The van der Waals surface area contributed by atoms with Crippen LogP contribution in [0.15, 0.2) is 22.7 Å².